The zero-order chi connectivity index (χ0) is 15.1. The zero-order valence-corrected chi connectivity index (χ0v) is 12.2. The van der Waals surface area contributed by atoms with Gasteiger partial charge in [0, 0.05) is 19.7 Å². The second-order valence-corrected chi connectivity index (χ2v) is 5.05. The molecule has 0 amide bonds. The third-order valence-corrected chi connectivity index (χ3v) is 3.14. The summed E-state index contributed by atoms with van der Waals surface area (Å²) in [6.07, 6.45) is 4.67. The van der Waals surface area contributed by atoms with Crippen molar-refractivity contribution in [2.45, 2.75) is 26.2 Å². The van der Waals surface area contributed by atoms with Gasteiger partial charge in [-0.3, -0.25) is 10.1 Å². The molecule has 1 aromatic rings. The molecule has 116 valence electrons. The molecule has 1 fully saturated rings. The van der Waals surface area contributed by atoms with Crippen molar-refractivity contribution < 1.29 is 9.66 Å². The van der Waals surface area contributed by atoms with E-state index in [0.717, 1.165) is 13.0 Å². The molecule has 0 spiro atoms. The van der Waals surface area contributed by atoms with E-state index in [1.165, 1.54) is 19.2 Å². The Balaban J connectivity index is 1.91. The number of rotatable bonds is 10. The minimum Gasteiger partial charge on any atom is -0.379 e. The average Bonchev–Trinajstić information content (AvgIpc) is 3.28. The smallest absolute Gasteiger partial charge is 0.353 e. The van der Waals surface area contributed by atoms with E-state index in [4.69, 9.17) is 4.74 Å². The van der Waals surface area contributed by atoms with Gasteiger partial charge in [0.1, 0.15) is 6.33 Å². The molecule has 0 unspecified atom stereocenters. The molecule has 0 atom stereocenters. The lowest BCUT2D eigenvalue weighted by molar-refractivity contribution is -0.383. The summed E-state index contributed by atoms with van der Waals surface area (Å²) in [5.41, 5.74) is -0.117. The maximum atomic E-state index is 11.2. The van der Waals surface area contributed by atoms with Gasteiger partial charge in [-0.15, -0.1) is 0 Å². The highest BCUT2D eigenvalue weighted by Gasteiger charge is 2.23. The Kier molecular flexibility index (Phi) is 5.68. The molecular formula is C13H21N5O3. The highest BCUT2D eigenvalue weighted by molar-refractivity contribution is 5.69. The first-order chi connectivity index (χ1) is 10.2. The van der Waals surface area contributed by atoms with Gasteiger partial charge in [-0.25, -0.2) is 9.97 Å². The highest BCUT2D eigenvalue weighted by atomic mass is 16.6. The van der Waals surface area contributed by atoms with Crippen molar-refractivity contribution >= 4 is 17.3 Å². The van der Waals surface area contributed by atoms with Gasteiger partial charge in [-0.2, -0.15) is 0 Å². The van der Waals surface area contributed by atoms with Crippen molar-refractivity contribution in [3.8, 4) is 0 Å². The van der Waals surface area contributed by atoms with Crippen LogP contribution in [0, 0.1) is 16.0 Å². The van der Waals surface area contributed by atoms with E-state index in [2.05, 4.69) is 20.6 Å². The third kappa shape index (κ3) is 4.82. The van der Waals surface area contributed by atoms with Crippen molar-refractivity contribution in [1.82, 2.24) is 9.97 Å². The minimum atomic E-state index is -0.467. The molecule has 8 heteroatoms. The van der Waals surface area contributed by atoms with Crippen molar-refractivity contribution in [2.75, 3.05) is 36.9 Å². The highest BCUT2D eigenvalue weighted by Crippen LogP contribution is 2.29. The van der Waals surface area contributed by atoms with E-state index < -0.39 is 4.92 Å². The maximum absolute atomic E-state index is 11.2. The van der Waals surface area contributed by atoms with Crippen LogP contribution >= 0.6 is 0 Å². The van der Waals surface area contributed by atoms with E-state index >= 15 is 0 Å². The standard InChI is InChI=1S/C13H21N5O3/c1-2-5-14-12-11(18(19)20)13(17-9-16-12)15-6-7-21-8-10-3-4-10/h9-10H,2-8H2,1H3,(H2,14,15,16,17). The molecule has 1 saturated carbocycles. The van der Waals surface area contributed by atoms with Gasteiger partial charge in [0.2, 0.25) is 11.6 Å². The lowest BCUT2D eigenvalue weighted by Crippen LogP contribution is -2.14. The van der Waals surface area contributed by atoms with Crippen LogP contribution in [-0.2, 0) is 4.74 Å². The molecule has 0 aliphatic heterocycles. The SMILES string of the molecule is CCCNc1ncnc(NCCOCC2CC2)c1[N+](=O)[O-]. The monoisotopic (exact) mass is 295 g/mol. The molecule has 1 heterocycles. The van der Waals surface area contributed by atoms with E-state index in [1.807, 2.05) is 6.92 Å². The van der Waals surface area contributed by atoms with E-state index in [9.17, 15) is 10.1 Å². The van der Waals surface area contributed by atoms with Crippen LogP contribution < -0.4 is 10.6 Å². The number of aromatic nitrogens is 2. The van der Waals surface area contributed by atoms with Gasteiger partial charge in [-0.05, 0) is 25.2 Å². The van der Waals surface area contributed by atoms with Crippen LogP contribution in [0.3, 0.4) is 0 Å². The minimum absolute atomic E-state index is 0.117. The summed E-state index contributed by atoms with van der Waals surface area (Å²) in [6.45, 7) is 4.38. The molecule has 0 bridgehead atoms. The molecule has 1 aliphatic rings. The summed E-state index contributed by atoms with van der Waals surface area (Å²) in [4.78, 5) is 18.6. The third-order valence-electron chi connectivity index (χ3n) is 3.14. The van der Waals surface area contributed by atoms with E-state index in [0.29, 0.717) is 25.6 Å². The first-order valence-corrected chi connectivity index (χ1v) is 7.27. The van der Waals surface area contributed by atoms with E-state index in [1.54, 1.807) is 0 Å². The first kappa shape index (κ1) is 15.4. The predicted molar refractivity (Wildman–Crippen MR) is 79.5 cm³/mol. The fourth-order valence-electron chi connectivity index (χ4n) is 1.83. The second-order valence-electron chi connectivity index (χ2n) is 5.05. The molecule has 1 aromatic heterocycles. The number of hydrogen-bond donors (Lipinski definition) is 2. The summed E-state index contributed by atoms with van der Waals surface area (Å²) >= 11 is 0. The van der Waals surface area contributed by atoms with Crippen molar-refractivity contribution in [1.29, 1.82) is 0 Å². The molecule has 1 aliphatic carbocycles. The normalized spacial score (nSPS) is 14.0. The predicted octanol–water partition coefficient (Wildman–Crippen LogP) is 2.05. The molecule has 0 radical (unpaired) electrons. The number of nitrogens with one attached hydrogen (secondary N) is 2. The lowest BCUT2D eigenvalue weighted by Gasteiger charge is -2.09. The summed E-state index contributed by atoms with van der Waals surface area (Å²) < 4.78 is 5.48. The van der Waals surface area contributed by atoms with Crippen LogP contribution in [0.4, 0.5) is 17.3 Å². The first-order valence-electron chi connectivity index (χ1n) is 7.27. The number of nitro groups is 1. The zero-order valence-electron chi connectivity index (χ0n) is 12.2. The summed E-state index contributed by atoms with van der Waals surface area (Å²) in [5, 5.41) is 17.1. The Morgan fingerprint density at radius 3 is 2.57 bits per heavy atom. The van der Waals surface area contributed by atoms with Crippen LogP contribution in [0.5, 0.6) is 0 Å². The van der Waals surface area contributed by atoms with Crippen LogP contribution in [0.1, 0.15) is 26.2 Å². The number of ether oxygens (including phenoxy) is 1. The van der Waals surface area contributed by atoms with Crippen LogP contribution in [0.15, 0.2) is 6.33 Å². The Morgan fingerprint density at radius 1 is 1.33 bits per heavy atom. The topological polar surface area (TPSA) is 102 Å². The average molecular weight is 295 g/mol. The van der Waals surface area contributed by atoms with Crippen LogP contribution in [-0.4, -0.2) is 41.2 Å². The Morgan fingerprint density at radius 2 is 2.00 bits per heavy atom. The quantitative estimate of drug-likeness (QED) is 0.387. The van der Waals surface area contributed by atoms with Gasteiger partial charge >= 0.3 is 5.69 Å². The molecule has 8 nitrogen and oxygen atoms in total. The summed E-state index contributed by atoms with van der Waals surface area (Å²) in [5.74, 6) is 1.19. The molecule has 21 heavy (non-hydrogen) atoms. The lowest BCUT2D eigenvalue weighted by atomic mass is 10.4. The van der Waals surface area contributed by atoms with Gasteiger partial charge in [0.05, 0.1) is 11.5 Å². The molecule has 0 aromatic carbocycles. The number of nitrogens with zero attached hydrogens (tertiary/aromatic N) is 3. The van der Waals surface area contributed by atoms with Gasteiger partial charge in [0.15, 0.2) is 0 Å². The Hall–Kier alpha value is -1.96. The molecule has 0 saturated heterocycles. The van der Waals surface area contributed by atoms with Gasteiger partial charge in [-0.1, -0.05) is 6.92 Å². The van der Waals surface area contributed by atoms with Crippen LogP contribution in [0.2, 0.25) is 0 Å². The Labute approximate surface area is 123 Å². The molecule has 2 rings (SSSR count). The van der Waals surface area contributed by atoms with Crippen molar-refractivity contribution in [2.24, 2.45) is 5.92 Å². The summed E-state index contributed by atoms with van der Waals surface area (Å²) in [7, 11) is 0. The van der Waals surface area contributed by atoms with Crippen LogP contribution in [0.25, 0.3) is 0 Å². The molecule has 2 N–H and O–H groups in total. The van der Waals surface area contributed by atoms with E-state index in [-0.39, 0.29) is 17.3 Å². The van der Waals surface area contributed by atoms with Crippen molar-refractivity contribution in [3.05, 3.63) is 16.4 Å². The fraction of sp³-hybridized carbons (Fsp3) is 0.692. The summed E-state index contributed by atoms with van der Waals surface area (Å²) in [6, 6.07) is 0. The van der Waals surface area contributed by atoms with Crippen molar-refractivity contribution in [3.63, 3.8) is 0 Å². The van der Waals surface area contributed by atoms with Gasteiger partial charge < -0.3 is 15.4 Å². The largest absolute Gasteiger partial charge is 0.379 e. The second kappa shape index (κ2) is 7.72. The number of anilines is 2. The number of hydrogen-bond acceptors (Lipinski definition) is 7. The molecular weight excluding hydrogens is 274 g/mol. The van der Waals surface area contributed by atoms with Gasteiger partial charge in [0.25, 0.3) is 0 Å². The Bertz CT molecular complexity index is 479. The fourth-order valence-corrected chi connectivity index (χ4v) is 1.83. The maximum Gasteiger partial charge on any atom is 0.353 e.